The average Bonchev–Trinajstić information content (AvgIpc) is 2.91. The fraction of sp³-hybridized carbons (Fsp3) is 0.750. The molecule has 0 aliphatic carbocycles. The first-order chi connectivity index (χ1) is 7.79. The first-order valence-electron chi connectivity index (χ1n) is 6.06. The molecule has 1 aliphatic rings. The Morgan fingerprint density at radius 1 is 1.62 bits per heavy atom. The third-order valence-electron chi connectivity index (χ3n) is 3.04. The van der Waals surface area contributed by atoms with E-state index in [1.54, 1.807) is 6.20 Å². The molecule has 0 spiro atoms. The van der Waals surface area contributed by atoms with Crippen molar-refractivity contribution in [3.05, 3.63) is 17.8 Å². The topological polar surface area (TPSA) is 47.3 Å². The largest absolute Gasteiger partial charge is 0.445 e. The van der Waals surface area contributed by atoms with Crippen molar-refractivity contribution in [3.63, 3.8) is 0 Å². The number of aryl methyl sites for hydroxylation is 1. The second-order valence-electron chi connectivity index (χ2n) is 4.31. The number of ether oxygens (including phenoxy) is 1. The van der Waals surface area contributed by atoms with E-state index in [4.69, 9.17) is 9.15 Å². The van der Waals surface area contributed by atoms with Crippen LogP contribution in [0.5, 0.6) is 0 Å². The molecule has 0 aromatic carbocycles. The van der Waals surface area contributed by atoms with Gasteiger partial charge >= 0.3 is 0 Å². The van der Waals surface area contributed by atoms with E-state index in [1.165, 1.54) is 6.42 Å². The molecule has 1 aromatic heterocycles. The fourth-order valence-electron chi connectivity index (χ4n) is 2.16. The highest BCUT2D eigenvalue weighted by Gasteiger charge is 2.24. The van der Waals surface area contributed by atoms with Crippen LogP contribution in [0.4, 0.5) is 0 Å². The molecular formula is C12H20N2O2. The highest BCUT2D eigenvalue weighted by atomic mass is 16.5. The van der Waals surface area contributed by atoms with Crippen molar-refractivity contribution in [2.45, 2.75) is 51.8 Å². The first-order valence-corrected chi connectivity index (χ1v) is 6.06. The SMILES string of the molecule is CC[C@H](NCc1ncc(C)o1)[C@@H]1CCCO1. The van der Waals surface area contributed by atoms with Gasteiger partial charge in [0, 0.05) is 12.6 Å². The van der Waals surface area contributed by atoms with Gasteiger partial charge in [-0.1, -0.05) is 6.92 Å². The minimum Gasteiger partial charge on any atom is -0.445 e. The molecule has 4 nitrogen and oxygen atoms in total. The van der Waals surface area contributed by atoms with Gasteiger partial charge in [0.2, 0.25) is 5.89 Å². The summed E-state index contributed by atoms with van der Waals surface area (Å²) in [6, 6.07) is 0.412. The predicted octanol–water partition coefficient (Wildman–Crippen LogP) is 2.03. The van der Waals surface area contributed by atoms with E-state index in [-0.39, 0.29) is 0 Å². The van der Waals surface area contributed by atoms with Crippen LogP contribution in [0.25, 0.3) is 0 Å². The number of rotatable bonds is 5. The zero-order chi connectivity index (χ0) is 11.4. The second kappa shape index (κ2) is 5.46. The molecule has 90 valence electrons. The maximum atomic E-state index is 5.69. The van der Waals surface area contributed by atoms with E-state index in [2.05, 4.69) is 17.2 Å². The van der Waals surface area contributed by atoms with Crippen molar-refractivity contribution in [2.24, 2.45) is 0 Å². The lowest BCUT2D eigenvalue weighted by Crippen LogP contribution is -2.38. The van der Waals surface area contributed by atoms with Gasteiger partial charge in [0.25, 0.3) is 0 Å². The Kier molecular flexibility index (Phi) is 3.96. The third kappa shape index (κ3) is 2.83. The zero-order valence-electron chi connectivity index (χ0n) is 10.0. The highest BCUT2D eigenvalue weighted by molar-refractivity contribution is 4.91. The van der Waals surface area contributed by atoms with Gasteiger partial charge in [0.1, 0.15) is 5.76 Å². The standard InChI is InChI=1S/C12H20N2O2/c1-3-10(11-5-4-6-15-11)13-8-12-14-7-9(2)16-12/h7,10-11,13H,3-6,8H2,1-2H3/t10-,11-/m0/s1. The van der Waals surface area contributed by atoms with Crippen LogP contribution in [0.2, 0.25) is 0 Å². The molecule has 0 radical (unpaired) electrons. The van der Waals surface area contributed by atoms with E-state index in [0.717, 1.165) is 31.1 Å². The maximum Gasteiger partial charge on any atom is 0.208 e. The molecule has 1 aliphatic heterocycles. The van der Waals surface area contributed by atoms with Gasteiger partial charge in [0.15, 0.2) is 0 Å². The molecule has 4 heteroatoms. The number of hydrogen-bond donors (Lipinski definition) is 1. The van der Waals surface area contributed by atoms with Crippen molar-refractivity contribution in [3.8, 4) is 0 Å². The molecule has 16 heavy (non-hydrogen) atoms. The van der Waals surface area contributed by atoms with E-state index >= 15 is 0 Å². The quantitative estimate of drug-likeness (QED) is 0.831. The Morgan fingerprint density at radius 3 is 3.06 bits per heavy atom. The molecule has 1 saturated heterocycles. The summed E-state index contributed by atoms with van der Waals surface area (Å²) in [4.78, 5) is 4.18. The highest BCUT2D eigenvalue weighted by Crippen LogP contribution is 2.17. The maximum absolute atomic E-state index is 5.69. The summed E-state index contributed by atoms with van der Waals surface area (Å²) >= 11 is 0. The number of hydrogen-bond acceptors (Lipinski definition) is 4. The summed E-state index contributed by atoms with van der Waals surface area (Å²) in [5, 5.41) is 3.46. The van der Waals surface area contributed by atoms with Crippen LogP contribution in [-0.4, -0.2) is 23.7 Å². The number of nitrogens with one attached hydrogen (secondary N) is 1. The van der Waals surface area contributed by atoms with Crippen LogP contribution in [0.15, 0.2) is 10.6 Å². The number of nitrogens with zero attached hydrogens (tertiary/aromatic N) is 1. The van der Waals surface area contributed by atoms with Gasteiger partial charge in [-0.05, 0) is 26.2 Å². The minimum absolute atomic E-state index is 0.362. The van der Waals surface area contributed by atoms with Crippen LogP contribution >= 0.6 is 0 Å². The normalized spacial score (nSPS) is 22.5. The third-order valence-corrected chi connectivity index (χ3v) is 3.04. The monoisotopic (exact) mass is 224 g/mol. The summed E-state index contributed by atoms with van der Waals surface area (Å²) in [7, 11) is 0. The van der Waals surface area contributed by atoms with Crippen molar-refractivity contribution in [2.75, 3.05) is 6.61 Å². The lowest BCUT2D eigenvalue weighted by atomic mass is 10.1. The smallest absolute Gasteiger partial charge is 0.208 e. The van der Waals surface area contributed by atoms with E-state index < -0.39 is 0 Å². The molecule has 0 amide bonds. The van der Waals surface area contributed by atoms with Crippen LogP contribution in [0.3, 0.4) is 0 Å². The first kappa shape index (κ1) is 11.6. The van der Waals surface area contributed by atoms with Crippen LogP contribution in [-0.2, 0) is 11.3 Å². The summed E-state index contributed by atoms with van der Waals surface area (Å²) in [5.41, 5.74) is 0. The van der Waals surface area contributed by atoms with Crippen molar-refractivity contribution >= 4 is 0 Å². The Balaban J connectivity index is 1.82. The molecule has 2 rings (SSSR count). The molecule has 2 heterocycles. The average molecular weight is 224 g/mol. The van der Waals surface area contributed by atoms with E-state index in [0.29, 0.717) is 18.7 Å². The number of aromatic nitrogens is 1. The zero-order valence-corrected chi connectivity index (χ0v) is 10.0. The van der Waals surface area contributed by atoms with Gasteiger partial charge in [-0.2, -0.15) is 0 Å². The Morgan fingerprint density at radius 2 is 2.50 bits per heavy atom. The molecular weight excluding hydrogens is 204 g/mol. The predicted molar refractivity (Wildman–Crippen MR) is 61.1 cm³/mol. The summed E-state index contributed by atoms with van der Waals surface area (Å²) in [6.07, 6.45) is 5.53. The van der Waals surface area contributed by atoms with Gasteiger partial charge in [-0.3, -0.25) is 0 Å². The Hall–Kier alpha value is -0.870. The van der Waals surface area contributed by atoms with Gasteiger partial charge in [0.05, 0.1) is 18.8 Å². The minimum atomic E-state index is 0.362. The van der Waals surface area contributed by atoms with E-state index in [9.17, 15) is 0 Å². The van der Waals surface area contributed by atoms with Crippen molar-refractivity contribution in [1.29, 1.82) is 0 Å². The molecule has 2 atom stereocenters. The van der Waals surface area contributed by atoms with E-state index in [1.807, 2.05) is 6.92 Å². The molecule has 1 fully saturated rings. The molecule has 0 saturated carbocycles. The Labute approximate surface area is 96.4 Å². The Bertz CT molecular complexity index is 319. The van der Waals surface area contributed by atoms with Crippen LogP contribution < -0.4 is 5.32 Å². The number of oxazole rings is 1. The molecule has 0 unspecified atom stereocenters. The summed E-state index contributed by atoms with van der Waals surface area (Å²) in [5.74, 6) is 1.62. The van der Waals surface area contributed by atoms with Crippen LogP contribution in [0, 0.1) is 6.92 Å². The fourth-order valence-corrected chi connectivity index (χ4v) is 2.16. The second-order valence-corrected chi connectivity index (χ2v) is 4.31. The summed E-state index contributed by atoms with van der Waals surface area (Å²) < 4.78 is 11.1. The van der Waals surface area contributed by atoms with Gasteiger partial charge in [-0.25, -0.2) is 4.98 Å². The van der Waals surface area contributed by atoms with Gasteiger partial charge < -0.3 is 14.5 Å². The van der Waals surface area contributed by atoms with Crippen molar-refractivity contribution < 1.29 is 9.15 Å². The van der Waals surface area contributed by atoms with Crippen LogP contribution in [0.1, 0.15) is 37.8 Å². The lowest BCUT2D eigenvalue weighted by Gasteiger charge is -2.22. The molecule has 1 N–H and O–H groups in total. The van der Waals surface area contributed by atoms with Crippen molar-refractivity contribution in [1.82, 2.24) is 10.3 Å². The molecule has 0 bridgehead atoms. The molecule has 1 aromatic rings. The van der Waals surface area contributed by atoms with Gasteiger partial charge in [-0.15, -0.1) is 0 Å². The lowest BCUT2D eigenvalue weighted by molar-refractivity contribution is 0.0756. The summed E-state index contributed by atoms with van der Waals surface area (Å²) in [6.45, 7) is 5.68.